The molecule has 0 spiro atoms. The highest BCUT2D eigenvalue weighted by Gasteiger charge is 2.32. The zero-order valence-electron chi connectivity index (χ0n) is 13.8. The Kier molecular flexibility index (Phi) is 3.87. The molecule has 26 heavy (non-hydrogen) atoms. The molecule has 0 amide bonds. The number of fused-ring (bicyclic) bond motifs is 2. The van der Waals surface area contributed by atoms with Gasteiger partial charge in [-0.2, -0.15) is 23.0 Å². The van der Waals surface area contributed by atoms with Crippen molar-refractivity contribution in [3.8, 4) is 5.95 Å². The molecule has 0 aliphatic carbocycles. The van der Waals surface area contributed by atoms with Crippen molar-refractivity contribution in [2.24, 2.45) is 7.05 Å². The molecule has 134 valence electrons. The Balaban J connectivity index is 1.96. The number of aryl methyl sites for hydroxylation is 1. The summed E-state index contributed by atoms with van der Waals surface area (Å²) in [6.07, 6.45) is -0.318. The van der Waals surface area contributed by atoms with Gasteiger partial charge in [0.1, 0.15) is 16.1 Å². The number of thioether (sulfide) groups is 1. The van der Waals surface area contributed by atoms with Crippen LogP contribution in [0, 0.1) is 0 Å². The Morgan fingerprint density at radius 1 is 1.19 bits per heavy atom. The minimum atomic E-state index is -4.46. The third kappa shape index (κ3) is 2.61. The summed E-state index contributed by atoms with van der Waals surface area (Å²) in [7, 11) is 1.70. The second-order valence-corrected chi connectivity index (χ2v) is 6.83. The van der Waals surface area contributed by atoms with Crippen LogP contribution in [0.4, 0.5) is 13.2 Å². The Labute approximate surface area is 150 Å². The Bertz CT molecular complexity index is 1110. The molecular weight excluding hydrogens is 365 g/mol. The van der Waals surface area contributed by atoms with Gasteiger partial charge in [0.15, 0.2) is 5.65 Å². The van der Waals surface area contributed by atoms with E-state index in [1.54, 1.807) is 40.5 Å². The number of nitrogens with zero attached hydrogens (tertiary/aromatic N) is 6. The van der Waals surface area contributed by atoms with Gasteiger partial charge in [-0.3, -0.25) is 9.55 Å². The van der Waals surface area contributed by atoms with Crippen LogP contribution in [0.5, 0.6) is 0 Å². The van der Waals surface area contributed by atoms with Crippen LogP contribution in [0.25, 0.3) is 28.0 Å². The van der Waals surface area contributed by atoms with Gasteiger partial charge in [0.05, 0.1) is 11.8 Å². The summed E-state index contributed by atoms with van der Waals surface area (Å²) in [6.45, 7) is 2.01. The summed E-state index contributed by atoms with van der Waals surface area (Å²) in [6, 6.07) is 2.86. The minimum absolute atomic E-state index is 0.169. The number of pyridine rings is 2. The topological polar surface area (TPSA) is 61.4 Å². The predicted molar refractivity (Wildman–Crippen MR) is 92.3 cm³/mol. The fourth-order valence-electron chi connectivity index (χ4n) is 2.73. The van der Waals surface area contributed by atoms with Crippen LogP contribution in [-0.2, 0) is 13.2 Å². The summed E-state index contributed by atoms with van der Waals surface area (Å²) in [5.74, 6) is 1.21. The number of halogens is 3. The quantitative estimate of drug-likeness (QED) is 0.507. The average Bonchev–Trinajstić information content (AvgIpc) is 3.13. The lowest BCUT2D eigenvalue weighted by atomic mass is 10.2. The van der Waals surface area contributed by atoms with E-state index >= 15 is 0 Å². The molecule has 0 aliphatic heterocycles. The van der Waals surface area contributed by atoms with Gasteiger partial charge in [-0.15, -0.1) is 11.8 Å². The zero-order valence-corrected chi connectivity index (χ0v) is 14.6. The highest BCUT2D eigenvalue weighted by molar-refractivity contribution is 7.99. The molecule has 4 aromatic heterocycles. The van der Waals surface area contributed by atoms with Crippen molar-refractivity contribution < 1.29 is 13.2 Å². The van der Waals surface area contributed by atoms with E-state index < -0.39 is 11.7 Å². The fraction of sp³-hybridized carbons (Fsp3) is 0.250. The van der Waals surface area contributed by atoms with Gasteiger partial charge in [-0.05, 0) is 17.9 Å². The molecule has 0 radical (unpaired) electrons. The maximum absolute atomic E-state index is 12.9. The van der Waals surface area contributed by atoms with Gasteiger partial charge < -0.3 is 0 Å². The lowest BCUT2D eigenvalue weighted by Gasteiger charge is -2.06. The van der Waals surface area contributed by atoms with E-state index in [1.807, 2.05) is 13.0 Å². The number of aromatic nitrogens is 6. The van der Waals surface area contributed by atoms with Crippen molar-refractivity contribution in [3.63, 3.8) is 0 Å². The Morgan fingerprint density at radius 3 is 2.73 bits per heavy atom. The number of hydrogen-bond acceptors (Lipinski definition) is 5. The highest BCUT2D eigenvalue weighted by atomic mass is 32.2. The fourth-order valence-corrected chi connectivity index (χ4v) is 3.58. The van der Waals surface area contributed by atoms with Crippen LogP contribution >= 0.6 is 11.8 Å². The number of hydrogen-bond donors (Lipinski definition) is 0. The summed E-state index contributed by atoms with van der Waals surface area (Å²) in [4.78, 5) is 12.4. The van der Waals surface area contributed by atoms with E-state index in [2.05, 4.69) is 20.1 Å². The molecule has 0 saturated carbocycles. The first-order chi connectivity index (χ1) is 12.4. The zero-order chi connectivity index (χ0) is 18.5. The van der Waals surface area contributed by atoms with E-state index in [0.29, 0.717) is 17.1 Å². The molecule has 0 bridgehead atoms. The van der Waals surface area contributed by atoms with Gasteiger partial charge in [-0.1, -0.05) is 6.92 Å². The molecule has 4 rings (SSSR count). The number of rotatable bonds is 3. The molecule has 0 N–H and O–H groups in total. The monoisotopic (exact) mass is 378 g/mol. The molecule has 6 nitrogen and oxygen atoms in total. The molecule has 4 heterocycles. The first kappa shape index (κ1) is 16.8. The molecular formula is C16H13F3N6S. The van der Waals surface area contributed by atoms with Crippen molar-refractivity contribution in [1.82, 2.24) is 29.3 Å². The highest BCUT2D eigenvalue weighted by Crippen LogP contribution is 2.32. The van der Waals surface area contributed by atoms with Crippen LogP contribution in [0.2, 0.25) is 0 Å². The van der Waals surface area contributed by atoms with E-state index in [9.17, 15) is 13.2 Å². The van der Waals surface area contributed by atoms with Crippen LogP contribution in [0.3, 0.4) is 0 Å². The van der Waals surface area contributed by atoms with E-state index in [0.717, 1.165) is 28.4 Å². The van der Waals surface area contributed by atoms with Gasteiger partial charge in [0.2, 0.25) is 5.95 Å². The number of imidazole rings is 1. The largest absolute Gasteiger partial charge is 0.417 e. The smallest absolute Gasteiger partial charge is 0.296 e. The van der Waals surface area contributed by atoms with Gasteiger partial charge in [0.25, 0.3) is 0 Å². The van der Waals surface area contributed by atoms with E-state index in [4.69, 9.17) is 0 Å². The first-order valence-electron chi connectivity index (χ1n) is 7.75. The van der Waals surface area contributed by atoms with Crippen LogP contribution in [0.15, 0.2) is 35.7 Å². The van der Waals surface area contributed by atoms with Crippen molar-refractivity contribution in [3.05, 3.63) is 36.3 Å². The minimum Gasteiger partial charge on any atom is -0.296 e. The number of alkyl halides is 3. The summed E-state index contributed by atoms with van der Waals surface area (Å²) in [5.41, 5.74) is 0.396. The van der Waals surface area contributed by atoms with Crippen LogP contribution in [-0.4, -0.2) is 35.1 Å². The lowest BCUT2D eigenvalue weighted by Crippen LogP contribution is -2.07. The molecule has 0 fully saturated rings. The second-order valence-electron chi connectivity index (χ2n) is 5.58. The summed E-state index contributed by atoms with van der Waals surface area (Å²) < 4.78 is 42.1. The lowest BCUT2D eigenvalue weighted by molar-refractivity contribution is -0.137. The Morgan fingerprint density at radius 2 is 2.00 bits per heavy atom. The summed E-state index contributed by atoms with van der Waals surface area (Å²) in [5, 5.41) is 6.31. The maximum atomic E-state index is 12.9. The third-order valence-corrected chi connectivity index (χ3v) is 4.87. The van der Waals surface area contributed by atoms with Crippen molar-refractivity contribution in [1.29, 1.82) is 0 Å². The van der Waals surface area contributed by atoms with Gasteiger partial charge in [0, 0.05) is 24.8 Å². The maximum Gasteiger partial charge on any atom is 0.417 e. The van der Waals surface area contributed by atoms with Crippen molar-refractivity contribution >= 4 is 33.8 Å². The first-order valence-corrected chi connectivity index (χ1v) is 8.74. The third-order valence-electron chi connectivity index (χ3n) is 3.91. The van der Waals surface area contributed by atoms with Gasteiger partial charge in [-0.25, -0.2) is 9.97 Å². The van der Waals surface area contributed by atoms with E-state index in [-0.39, 0.29) is 5.52 Å². The molecule has 0 aliphatic rings. The SMILES string of the molecule is CCSc1c2ccncc2nn1-c1nc2cc(C(F)(F)F)cnc2n1C. The van der Waals surface area contributed by atoms with Crippen molar-refractivity contribution in [2.45, 2.75) is 18.1 Å². The van der Waals surface area contributed by atoms with Crippen molar-refractivity contribution in [2.75, 3.05) is 5.75 Å². The van der Waals surface area contributed by atoms with E-state index in [1.165, 1.54) is 0 Å². The average molecular weight is 378 g/mol. The van der Waals surface area contributed by atoms with Crippen LogP contribution < -0.4 is 0 Å². The van der Waals surface area contributed by atoms with Crippen LogP contribution in [0.1, 0.15) is 12.5 Å². The molecule has 0 saturated heterocycles. The second kappa shape index (κ2) is 5.97. The Hall–Kier alpha value is -2.62. The van der Waals surface area contributed by atoms with Gasteiger partial charge >= 0.3 is 6.18 Å². The standard InChI is InChI=1S/C16H13F3N6S/c1-3-26-14-10-4-5-20-8-12(10)23-25(14)15-22-11-6-9(16(17,18)19)7-21-13(11)24(15)2/h4-8H,3H2,1-2H3. The molecule has 4 aromatic rings. The summed E-state index contributed by atoms with van der Waals surface area (Å²) >= 11 is 1.58. The normalized spacial score (nSPS) is 12.3. The predicted octanol–water partition coefficient (Wildman–Crippen LogP) is 3.83. The molecule has 0 unspecified atom stereocenters. The molecule has 10 heteroatoms. The molecule has 0 aromatic carbocycles. The molecule has 0 atom stereocenters.